The number of nitrogens with zero attached hydrogens (tertiary/aromatic N) is 1. The van der Waals surface area contributed by atoms with E-state index in [0.717, 1.165) is 24.3 Å². The Morgan fingerprint density at radius 3 is 2.38 bits per heavy atom. The van der Waals surface area contributed by atoms with Crippen LogP contribution in [0.5, 0.6) is 0 Å². The van der Waals surface area contributed by atoms with E-state index in [4.69, 9.17) is 5.73 Å². The molecule has 2 N–H and O–H groups in total. The molecule has 0 aromatic heterocycles. The second-order valence-corrected chi connectivity index (χ2v) is 5.50. The zero-order valence-electron chi connectivity index (χ0n) is 8.50. The third kappa shape index (κ3) is 1.15. The van der Waals surface area contributed by atoms with Gasteiger partial charge >= 0.3 is 0 Å². The Hall–Kier alpha value is -0.0800. The van der Waals surface area contributed by atoms with Gasteiger partial charge in [-0.15, -0.1) is 0 Å². The molecule has 2 heteroatoms. The number of fused-ring (bicyclic) bond motifs is 1. The van der Waals surface area contributed by atoms with Gasteiger partial charge in [0, 0.05) is 25.2 Å². The van der Waals surface area contributed by atoms with Gasteiger partial charge < -0.3 is 5.73 Å². The Kier molecular flexibility index (Phi) is 1.58. The fourth-order valence-corrected chi connectivity index (χ4v) is 3.07. The van der Waals surface area contributed by atoms with Crippen LogP contribution in [-0.4, -0.2) is 30.1 Å². The summed E-state index contributed by atoms with van der Waals surface area (Å²) < 4.78 is 0. The lowest BCUT2D eigenvalue weighted by molar-refractivity contribution is 0.104. The van der Waals surface area contributed by atoms with Crippen LogP contribution in [0.1, 0.15) is 26.2 Å². The zero-order valence-corrected chi connectivity index (χ0v) is 8.50. The monoisotopic (exact) mass is 180 g/mol. The first-order chi connectivity index (χ1) is 6.24. The van der Waals surface area contributed by atoms with Gasteiger partial charge in [-0.2, -0.15) is 0 Å². The average Bonchev–Trinajstić information content (AvgIpc) is 3.05. The van der Waals surface area contributed by atoms with Crippen molar-refractivity contribution in [3.63, 3.8) is 0 Å². The maximum atomic E-state index is 5.95. The van der Waals surface area contributed by atoms with E-state index in [1.807, 2.05) is 0 Å². The van der Waals surface area contributed by atoms with E-state index in [2.05, 4.69) is 11.8 Å². The molecule has 0 amide bonds. The number of rotatable bonds is 3. The standard InChI is InChI=1S/C11H20N2/c1-11(7-12,10-2-3-10)13-5-8-4-9(8)6-13/h8-10H,2-7,12H2,1H3. The fourth-order valence-electron chi connectivity index (χ4n) is 3.07. The predicted octanol–water partition coefficient (Wildman–Crippen LogP) is 1.07. The van der Waals surface area contributed by atoms with Crippen molar-refractivity contribution in [3.05, 3.63) is 0 Å². The average molecular weight is 180 g/mol. The normalized spacial score (nSPS) is 42.9. The summed E-state index contributed by atoms with van der Waals surface area (Å²) in [6, 6.07) is 0. The summed E-state index contributed by atoms with van der Waals surface area (Å²) in [7, 11) is 0. The molecule has 0 aromatic carbocycles. The minimum absolute atomic E-state index is 0.355. The van der Waals surface area contributed by atoms with E-state index in [0.29, 0.717) is 5.54 Å². The molecule has 0 spiro atoms. The molecule has 1 heterocycles. The summed E-state index contributed by atoms with van der Waals surface area (Å²) in [4.78, 5) is 2.68. The van der Waals surface area contributed by atoms with Gasteiger partial charge in [-0.05, 0) is 43.9 Å². The molecule has 2 aliphatic carbocycles. The van der Waals surface area contributed by atoms with Gasteiger partial charge in [0.25, 0.3) is 0 Å². The van der Waals surface area contributed by atoms with Gasteiger partial charge in [-0.3, -0.25) is 4.90 Å². The molecule has 0 aromatic rings. The van der Waals surface area contributed by atoms with E-state index in [1.165, 1.54) is 32.4 Å². The van der Waals surface area contributed by atoms with Gasteiger partial charge in [0.1, 0.15) is 0 Å². The Bertz CT molecular complexity index is 214. The van der Waals surface area contributed by atoms with Crippen molar-refractivity contribution < 1.29 is 0 Å². The van der Waals surface area contributed by atoms with Crippen molar-refractivity contribution in [1.82, 2.24) is 4.90 Å². The van der Waals surface area contributed by atoms with E-state index in [1.54, 1.807) is 0 Å². The Morgan fingerprint density at radius 1 is 1.31 bits per heavy atom. The first-order valence-corrected chi connectivity index (χ1v) is 5.69. The van der Waals surface area contributed by atoms with Crippen molar-refractivity contribution >= 4 is 0 Å². The highest BCUT2D eigenvalue weighted by Crippen LogP contribution is 2.51. The van der Waals surface area contributed by atoms with Gasteiger partial charge in [0.05, 0.1) is 0 Å². The third-order valence-corrected chi connectivity index (χ3v) is 4.57. The summed E-state index contributed by atoms with van der Waals surface area (Å²) >= 11 is 0. The summed E-state index contributed by atoms with van der Waals surface area (Å²) in [5, 5.41) is 0. The van der Waals surface area contributed by atoms with Crippen molar-refractivity contribution in [2.24, 2.45) is 23.5 Å². The Labute approximate surface area is 80.5 Å². The van der Waals surface area contributed by atoms with Gasteiger partial charge in [0.15, 0.2) is 0 Å². The summed E-state index contributed by atoms with van der Waals surface area (Å²) in [5.41, 5.74) is 6.30. The largest absolute Gasteiger partial charge is 0.329 e. The maximum Gasteiger partial charge on any atom is 0.0331 e. The van der Waals surface area contributed by atoms with Crippen molar-refractivity contribution in [2.75, 3.05) is 19.6 Å². The van der Waals surface area contributed by atoms with Crippen LogP contribution in [0, 0.1) is 17.8 Å². The number of nitrogens with two attached hydrogens (primary N) is 1. The highest BCUT2D eigenvalue weighted by molar-refractivity contribution is 5.07. The highest BCUT2D eigenvalue weighted by Gasteiger charge is 2.53. The molecular weight excluding hydrogens is 160 g/mol. The first kappa shape index (κ1) is 8.25. The molecule has 3 atom stereocenters. The lowest BCUT2D eigenvalue weighted by Gasteiger charge is -2.39. The minimum Gasteiger partial charge on any atom is -0.329 e. The lowest BCUT2D eigenvalue weighted by atomic mass is 9.93. The molecule has 13 heavy (non-hydrogen) atoms. The number of hydrogen-bond acceptors (Lipinski definition) is 2. The van der Waals surface area contributed by atoms with Crippen LogP contribution in [-0.2, 0) is 0 Å². The molecule has 3 rings (SSSR count). The molecule has 2 saturated carbocycles. The highest BCUT2D eigenvalue weighted by atomic mass is 15.3. The number of likely N-dealkylation sites (tertiary alicyclic amines) is 1. The predicted molar refractivity (Wildman–Crippen MR) is 53.4 cm³/mol. The van der Waals surface area contributed by atoms with E-state index >= 15 is 0 Å². The summed E-state index contributed by atoms with van der Waals surface area (Å²) in [5.74, 6) is 3.00. The third-order valence-electron chi connectivity index (χ3n) is 4.57. The molecular formula is C11H20N2. The molecule has 3 unspecified atom stereocenters. The minimum atomic E-state index is 0.355. The van der Waals surface area contributed by atoms with Crippen molar-refractivity contribution in [3.8, 4) is 0 Å². The van der Waals surface area contributed by atoms with E-state index < -0.39 is 0 Å². The molecule has 74 valence electrons. The molecule has 1 saturated heterocycles. The van der Waals surface area contributed by atoms with Crippen LogP contribution in [0.2, 0.25) is 0 Å². The smallest absolute Gasteiger partial charge is 0.0331 e. The maximum absolute atomic E-state index is 5.95. The van der Waals surface area contributed by atoms with E-state index in [9.17, 15) is 0 Å². The quantitative estimate of drug-likeness (QED) is 0.704. The Balaban J connectivity index is 1.73. The van der Waals surface area contributed by atoms with Gasteiger partial charge in [-0.25, -0.2) is 0 Å². The zero-order chi connectivity index (χ0) is 9.05. The lowest BCUT2D eigenvalue weighted by Crippen LogP contribution is -2.53. The SMILES string of the molecule is CC(CN)(C1CC1)N1CC2CC2C1. The topological polar surface area (TPSA) is 29.3 Å². The number of piperidine rings is 1. The van der Waals surface area contributed by atoms with Crippen LogP contribution >= 0.6 is 0 Å². The first-order valence-electron chi connectivity index (χ1n) is 5.69. The molecule has 1 aliphatic heterocycles. The second-order valence-electron chi connectivity index (χ2n) is 5.50. The molecule has 3 fully saturated rings. The molecule has 0 bridgehead atoms. The van der Waals surface area contributed by atoms with Gasteiger partial charge in [-0.1, -0.05) is 0 Å². The second kappa shape index (κ2) is 2.48. The van der Waals surface area contributed by atoms with Crippen LogP contribution in [0.3, 0.4) is 0 Å². The summed E-state index contributed by atoms with van der Waals surface area (Å²) in [6.07, 6.45) is 4.33. The summed E-state index contributed by atoms with van der Waals surface area (Å²) in [6.45, 7) is 5.93. The fraction of sp³-hybridized carbons (Fsp3) is 1.00. The van der Waals surface area contributed by atoms with Crippen LogP contribution in [0.15, 0.2) is 0 Å². The molecule has 3 aliphatic rings. The van der Waals surface area contributed by atoms with Crippen molar-refractivity contribution in [2.45, 2.75) is 31.7 Å². The van der Waals surface area contributed by atoms with Crippen molar-refractivity contribution in [1.29, 1.82) is 0 Å². The van der Waals surface area contributed by atoms with Gasteiger partial charge in [0.2, 0.25) is 0 Å². The van der Waals surface area contributed by atoms with Crippen LogP contribution < -0.4 is 5.73 Å². The Morgan fingerprint density at radius 2 is 1.92 bits per heavy atom. The number of hydrogen-bond donors (Lipinski definition) is 1. The molecule has 0 radical (unpaired) electrons. The van der Waals surface area contributed by atoms with E-state index in [-0.39, 0.29) is 0 Å². The van der Waals surface area contributed by atoms with Crippen LogP contribution in [0.25, 0.3) is 0 Å². The molecule has 2 nitrogen and oxygen atoms in total. The van der Waals surface area contributed by atoms with Crippen LogP contribution in [0.4, 0.5) is 0 Å².